The Morgan fingerprint density at radius 3 is 1.80 bits per heavy atom. The Bertz CT molecular complexity index is 321. The number of ether oxygens (including phenoxy) is 4. The first-order valence-corrected chi connectivity index (χ1v) is 8.88. The zero-order valence-corrected chi connectivity index (χ0v) is 15.4. The molecule has 0 aliphatic rings. The van der Waals surface area contributed by atoms with E-state index in [0.29, 0.717) is 65.5 Å². The zero-order valence-electron chi connectivity index (χ0n) is 15.4. The van der Waals surface area contributed by atoms with Crippen molar-refractivity contribution in [3.63, 3.8) is 0 Å². The number of aliphatic hydroxyl groups is 2. The third-order valence-electron chi connectivity index (χ3n) is 3.71. The molecule has 0 atom stereocenters. The van der Waals surface area contributed by atoms with Crippen LogP contribution in [0.5, 0.6) is 0 Å². The average molecular weight is 362 g/mol. The first kappa shape index (κ1) is 24.0. The van der Waals surface area contributed by atoms with Crippen LogP contribution in [0, 0.1) is 5.41 Å². The van der Waals surface area contributed by atoms with Gasteiger partial charge >= 0.3 is 5.97 Å². The van der Waals surface area contributed by atoms with E-state index in [1.807, 2.05) is 0 Å². The summed E-state index contributed by atoms with van der Waals surface area (Å²) in [5.74, 6) is -0.433. The van der Waals surface area contributed by atoms with Crippen molar-refractivity contribution in [2.75, 3.05) is 59.5 Å². The third-order valence-corrected chi connectivity index (χ3v) is 3.71. The van der Waals surface area contributed by atoms with Crippen molar-refractivity contribution in [2.24, 2.45) is 5.41 Å². The Morgan fingerprint density at radius 2 is 1.40 bits per heavy atom. The second kappa shape index (κ2) is 16.5. The SMILES string of the molecule is C=CC(=O)OCCCOCC(CC)(COCCCO)COCCCO. The highest BCUT2D eigenvalue weighted by atomic mass is 16.5. The summed E-state index contributed by atoms with van der Waals surface area (Å²) in [6, 6.07) is 0. The molecule has 0 fully saturated rings. The summed E-state index contributed by atoms with van der Waals surface area (Å²) in [5.41, 5.74) is -0.275. The Morgan fingerprint density at radius 1 is 0.920 bits per heavy atom. The second-order valence-electron chi connectivity index (χ2n) is 5.89. The van der Waals surface area contributed by atoms with Crippen LogP contribution in [-0.2, 0) is 23.7 Å². The van der Waals surface area contributed by atoms with Crippen LogP contribution in [0.25, 0.3) is 0 Å². The van der Waals surface area contributed by atoms with E-state index in [2.05, 4.69) is 13.5 Å². The largest absolute Gasteiger partial charge is 0.462 e. The van der Waals surface area contributed by atoms with Gasteiger partial charge in [-0.3, -0.25) is 0 Å². The highest BCUT2D eigenvalue weighted by molar-refractivity contribution is 5.81. The lowest BCUT2D eigenvalue weighted by Gasteiger charge is -2.32. The number of rotatable bonds is 18. The van der Waals surface area contributed by atoms with Crippen molar-refractivity contribution in [3.8, 4) is 0 Å². The smallest absolute Gasteiger partial charge is 0.330 e. The number of carbonyl (C=O) groups is 1. The molecule has 0 heterocycles. The number of hydrogen-bond donors (Lipinski definition) is 2. The molecule has 0 bridgehead atoms. The predicted octanol–water partition coefficient (Wildman–Crippen LogP) is 1.32. The van der Waals surface area contributed by atoms with Gasteiger partial charge in [0, 0.05) is 50.9 Å². The van der Waals surface area contributed by atoms with Gasteiger partial charge in [0.1, 0.15) is 0 Å². The molecular formula is C18H34O7. The highest BCUT2D eigenvalue weighted by Crippen LogP contribution is 2.24. The third kappa shape index (κ3) is 12.9. The highest BCUT2D eigenvalue weighted by Gasteiger charge is 2.29. The van der Waals surface area contributed by atoms with Gasteiger partial charge in [0.15, 0.2) is 0 Å². The van der Waals surface area contributed by atoms with Crippen molar-refractivity contribution in [1.82, 2.24) is 0 Å². The first-order chi connectivity index (χ1) is 12.1. The zero-order chi connectivity index (χ0) is 18.8. The van der Waals surface area contributed by atoms with E-state index in [0.717, 1.165) is 12.5 Å². The summed E-state index contributed by atoms with van der Waals surface area (Å²) in [5, 5.41) is 17.7. The van der Waals surface area contributed by atoms with Gasteiger partial charge < -0.3 is 29.2 Å². The fourth-order valence-corrected chi connectivity index (χ4v) is 2.02. The monoisotopic (exact) mass is 362 g/mol. The maximum atomic E-state index is 10.9. The Hall–Kier alpha value is -0.990. The maximum Gasteiger partial charge on any atom is 0.330 e. The fourth-order valence-electron chi connectivity index (χ4n) is 2.02. The molecule has 0 rings (SSSR count). The number of esters is 1. The molecule has 0 unspecified atom stereocenters. The predicted molar refractivity (Wildman–Crippen MR) is 94.4 cm³/mol. The lowest BCUT2D eigenvalue weighted by Crippen LogP contribution is -2.37. The van der Waals surface area contributed by atoms with Gasteiger partial charge in [0.2, 0.25) is 0 Å². The van der Waals surface area contributed by atoms with Crippen molar-refractivity contribution in [1.29, 1.82) is 0 Å². The molecule has 0 aromatic rings. The molecule has 0 spiro atoms. The van der Waals surface area contributed by atoms with E-state index in [1.54, 1.807) is 0 Å². The quantitative estimate of drug-likeness (QED) is 0.216. The molecular weight excluding hydrogens is 328 g/mol. The molecule has 7 heteroatoms. The Balaban J connectivity index is 4.23. The van der Waals surface area contributed by atoms with Gasteiger partial charge in [-0.25, -0.2) is 4.79 Å². The van der Waals surface area contributed by atoms with Crippen molar-refractivity contribution >= 4 is 5.97 Å². The second-order valence-corrected chi connectivity index (χ2v) is 5.89. The Kier molecular flexibility index (Phi) is 15.8. The van der Waals surface area contributed by atoms with Gasteiger partial charge in [0.25, 0.3) is 0 Å². The minimum absolute atomic E-state index is 0.103. The molecule has 0 aromatic carbocycles. The molecule has 7 nitrogen and oxygen atoms in total. The van der Waals surface area contributed by atoms with Crippen LogP contribution in [0.2, 0.25) is 0 Å². The molecule has 0 amide bonds. The molecule has 0 aliphatic carbocycles. The molecule has 0 aromatic heterocycles. The van der Waals surface area contributed by atoms with Gasteiger partial charge in [-0.1, -0.05) is 13.5 Å². The van der Waals surface area contributed by atoms with Crippen LogP contribution in [0.1, 0.15) is 32.6 Å². The van der Waals surface area contributed by atoms with Gasteiger partial charge in [-0.2, -0.15) is 0 Å². The number of hydrogen-bond acceptors (Lipinski definition) is 7. The van der Waals surface area contributed by atoms with Crippen LogP contribution in [0.3, 0.4) is 0 Å². The molecule has 0 saturated heterocycles. The fraction of sp³-hybridized carbons (Fsp3) is 0.833. The molecule has 2 N–H and O–H groups in total. The summed E-state index contributed by atoms with van der Waals surface area (Å²) in [6.07, 6.45) is 3.75. The maximum absolute atomic E-state index is 10.9. The van der Waals surface area contributed by atoms with E-state index in [1.165, 1.54) is 0 Å². The Labute approximate surface area is 150 Å². The van der Waals surface area contributed by atoms with Gasteiger partial charge in [-0.05, 0) is 19.3 Å². The van der Waals surface area contributed by atoms with Crippen LogP contribution >= 0.6 is 0 Å². The summed E-state index contributed by atoms with van der Waals surface area (Å²) >= 11 is 0. The van der Waals surface area contributed by atoms with Crippen molar-refractivity contribution < 1.29 is 34.0 Å². The standard InChI is InChI=1S/C18H34O7/c1-3-17(21)25-13-7-12-24-16-18(4-2,14-22-10-5-8-19)15-23-11-6-9-20/h3,19-20H,1,4-16H2,2H3. The lowest BCUT2D eigenvalue weighted by atomic mass is 9.88. The topological polar surface area (TPSA) is 94.5 Å². The van der Waals surface area contributed by atoms with E-state index in [4.69, 9.17) is 29.2 Å². The summed E-state index contributed by atoms with van der Waals surface area (Å²) in [6.45, 7) is 8.78. The van der Waals surface area contributed by atoms with Crippen LogP contribution < -0.4 is 0 Å². The molecule has 0 radical (unpaired) electrons. The van der Waals surface area contributed by atoms with Crippen LogP contribution in [0.15, 0.2) is 12.7 Å². The minimum Gasteiger partial charge on any atom is -0.462 e. The average Bonchev–Trinajstić information content (AvgIpc) is 2.64. The van der Waals surface area contributed by atoms with E-state index in [-0.39, 0.29) is 18.6 Å². The van der Waals surface area contributed by atoms with Gasteiger partial charge in [-0.15, -0.1) is 0 Å². The van der Waals surface area contributed by atoms with Crippen LogP contribution in [0.4, 0.5) is 0 Å². The number of aliphatic hydroxyl groups excluding tert-OH is 2. The summed E-state index contributed by atoms with van der Waals surface area (Å²) < 4.78 is 22.0. The molecule has 25 heavy (non-hydrogen) atoms. The van der Waals surface area contributed by atoms with Gasteiger partial charge in [0.05, 0.1) is 26.4 Å². The minimum atomic E-state index is -0.433. The molecule has 0 saturated carbocycles. The summed E-state index contributed by atoms with van der Waals surface area (Å²) in [4.78, 5) is 10.9. The van der Waals surface area contributed by atoms with Crippen LogP contribution in [-0.4, -0.2) is 75.6 Å². The first-order valence-electron chi connectivity index (χ1n) is 8.88. The van der Waals surface area contributed by atoms with E-state index < -0.39 is 5.97 Å². The molecule has 148 valence electrons. The molecule has 0 aliphatic heterocycles. The van der Waals surface area contributed by atoms with Crippen molar-refractivity contribution in [2.45, 2.75) is 32.6 Å². The normalized spacial score (nSPS) is 11.5. The van der Waals surface area contributed by atoms with Crippen molar-refractivity contribution in [3.05, 3.63) is 12.7 Å². The number of carbonyl (C=O) groups excluding carboxylic acids is 1. The van der Waals surface area contributed by atoms with E-state index in [9.17, 15) is 4.79 Å². The summed E-state index contributed by atoms with van der Waals surface area (Å²) in [7, 11) is 0. The van der Waals surface area contributed by atoms with E-state index >= 15 is 0 Å². The lowest BCUT2D eigenvalue weighted by molar-refractivity contribution is -0.138.